The number of piperidine rings is 1. The van der Waals surface area contributed by atoms with E-state index in [2.05, 4.69) is 11.8 Å². The molecule has 3 aliphatic rings. The van der Waals surface area contributed by atoms with Crippen LogP contribution in [0.25, 0.3) is 0 Å². The van der Waals surface area contributed by atoms with Crippen molar-refractivity contribution in [2.75, 3.05) is 37.6 Å². The summed E-state index contributed by atoms with van der Waals surface area (Å²) >= 11 is 0. The van der Waals surface area contributed by atoms with E-state index >= 15 is 0 Å². The van der Waals surface area contributed by atoms with Crippen LogP contribution in [0.3, 0.4) is 0 Å². The smallest absolute Gasteiger partial charge is 0.346 e. The number of benzene rings is 1. The van der Waals surface area contributed by atoms with E-state index in [9.17, 15) is 14.7 Å². The topological polar surface area (TPSA) is 78.7 Å². The van der Waals surface area contributed by atoms with Gasteiger partial charge in [0.25, 0.3) is 5.69 Å². The Hall–Kier alpha value is -1.47. The maximum Gasteiger partial charge on any atom is 0.346 e. The molecular formula is C18H27N4O4P. The van der Waals surface area contributed by atoms with Gasteiger partial charge in [0.05, 0.1) is 11.0 Å². The van der Waals surface area contributed by atoms with Crippen LogP contribution in [-0.4, -0.2) is 53.0 Å². The van der Waals surface area contributed by atoms with Gasteiger partial charge >= 0.3 is 7.67 Å². The monoisotopic (exact) mass is 394 g/mol. The molecule has 1 aromatic carbocycles. The molecule has 0 saturated carbocycles. The average molecular weight is 394 g/mol. The molecule has 8 nitrogen and oxygen atoms in total. The van der Waals surface area contributed by atoms with Gasteiger partial charge in [0.1, 0.15) is 5.69 Å². The van der Waals surface area contributed by atoms with Crippen molar-refractivity contribution in [2.24, 2.45) is 0 Å². The summed E-state index contributed by atoms with van der Waals surface area (Å²) in [6, 6.07) is 5.42. The van der Waals surface area contributed by atoms with E-state index in [-0.39, 0.29) is 16.7 Å². The van der Waals surface area contributed by atoms with Gasteiger partial charge < -0.3 is 4.90 Å². The lowest BCUT2D eigenvalue weighted by Gasteiger charge is -2.35. The van der Waals surface area contributed by atoms with Crippen LogP contribution >= 0.6 is 7.67 Å². The van der Waals surface area contributed by atoms with Crippen molar-refractivity contribution < 1.29 is 14.0 Å². The van der Waals surface area contributed by atoms with Crippen LogP contribution in [-0.2, 0) is 9.09 Å². The largest absolute Gasteiger partial charge is 0.363 e. The Bertz CT molecular complexity index is 765. The Balaban J connectivity index is 1.61. The molecule has 3 saturated heterocycles. The summed E-state index contributed by atoms with van der Waals surface area (Å²) in [4.78, 5) is 13.4. The van der Waals surface area contributed by atoms with Crippen molar-refractivity contribution in [1.29, 1.82) is 0 Å². The molecule has 4 rings (SSSR count). The summed E-state index contributed by atoms with van der Waals surface area (Å²) < 4.78 is 23.1. The highest BCUT2D eigenvalue weighted by Crippen LogP contribution is 2.63. The molecule has 27 heavy (non-hydrogen) atoms. The summed E-state index contributed by atoms with van der Waals surface area (Å²) in [5.41, 5.74) is 1.60. The molecule has 3 heterocycles. The highest BCUT2D eigenvalue weighted by atomic mass is 31.2. The highest BCUT2D eigenvalue weighted by molar-refractivity contribution is 7.54. The van der Waals surface area contributed by atoms with E-state index in [1.807, 2.05) is 22.3 Å². The standard InChI is InChI=1S/C18H27N4O4P/c1-14-5-3-4-8-21(14)18-13-16(6-7-17(18)22(23)24)15(2)26-27(25,19-9-10-19)20-11-12-20/h6-7,13-15H,3-5,8-12H2,1-2H3/t14-,15?/m1/s1. The third-order valence-corrected chi connectivity index (χ3v) is 8.46. The molecule has 0 radical (unpaired) electrons. The molecule has 1 aromatic rings. The molecule has 148 valence electrons. The summed E-state index contributed by atoms with van der Waals surface area (Å²) in [5, 5.41) is 11.6. The van der Waals surface area contributed by atoms with Gasteiger partial charge in [0, 0.05) is 44.8 Å². The lowest BCUT2D eigenvalue weighted by atomic mass is 10.0. The SMILES string of the molecule is CC(OP(=O)(N1CC1)N1CC1)c1ccc([N+](=O)[O-])c(N2CCCC[C@H]2C)c1. The number of hydrogen-bond acceptors (Lipinski definition) is 5. The zero-order valence-electron chi connectivity index (χ0n) is 15.9. The van der Waals surface area contributed by atoms with Gasteiger partial charge in [-0.3, -0.25) is 19.2 Å². The van der Waals surface area contributed by atoms with Crippen molar-refractivity contribution in [3.63, 3.8) is 0 Å². The highest BCUT2D eigenvalue weighted by Gasteiger charge is 2.50. The molecule has 0 spiro atoms. The number of anilines is 1. The molecule has 0 aromatic heterocycles. The molecular weight excluding hydrogens is 367 g/mol. The third kappa shape index (κ3) is 3.76. The first-order chi connectivity index (χ1) is 12.9. The Morgan fingerprint density at radius 1 is 1.19 bits per heavy atom. The van der Waals surface area contributed by atoms with Gasteiger partial charge in [0.15, 0.2) is 0 Å². The van der Waals surface area contributed by atoms with E-state index in [4.69, 9.17) is 4.52 Å². The second kappa shape index (κ2) is 7.17. The quantitative estimate of drug-likeness (QED) is 0.301. The molecule has 1 unspecified atom stereocenters. The van der Waals surface area contributed by atoms with E-state index in [1.165, 1.54) is 0 Å². The first-order valence-corrected chi connectivity index (χ1v) is 11.3. The van der Waals surface area contributed by atoms with Gasteiger partial charge in [-0.15, -0.1) is 0 Å². The Morgan fingerprint density at radius 2 is 1.85 bits per heavy atom. The first kappa shape index (κ1) is 18.9. The van der Waals surface area contributed by atoms with Crippen molar-refractivity contribution in [3.05, 3.63) is 33.9 Å². The van der Waals surface area contributed by atoms with Crippen LogP contribution in [0.2, 0.25) is 0 Å². The van der Waals surface area contributed by atoms with Gasteiger partial charge in [-0.2, -0.15) is 0 Å². The second-order valence-electron chi connectivity index (χ2n) is 7.69. The molecule has 0 aliphatic carbocycles. The molecule has 2 atom stereocenters. The molecule has 0 amide bonds. The minimum Gasteiger partial charge on any atom is -0.363 e. The maximum absolute atomic E-state index is 13.2. The average Bonchev–Trinajstić information content (AvgIpc) is 3.53. The van der Waals surface area contributed by atoms with E-state index in [1.54, 1.807) is 12.1 Å². The van der Waals surface area contributed by atoms with Crippen LogP contribution in [0.1, 0.15) is 44.8 Å². The maximum atomic E-state index is 13.2. The lowest BCUT2D eigenvalue weighted by Crippen LogP contribution is -2.37. The number of rotatable bonds is 7. The van der Waals surface area contributed by atoms with Gasteiger partial charge in [-0.25, -0.2) is 9.34 Å². The summed E-state index contributed by atoms with van der Waals surface area (Å²) in [6.07, 6.45) is 2.83. The van der Waals surface area contributed by atoms with Crippen molar-refractivity contribution in [2.45, 2.75) is 45.3 Å². The Kier molecular flexibility index (Phi) is 5.01. The minimum absolute atomic E-state index is 0.125. The molecule has 9 heteroatoms. The lowest BCUT2D eigenvalue weighted by molar-refractivity contribution is -0.384. The van der Waals surface area contributed by atoms with Gasteiger partial charge in [-0.05, 0) is 50.8 Å². The predicted octanol–water partition coefficient (Wildman–Crippen LogP) is 3.79. The van der Waals surface area contributed by atoms with Crippen molar-refractivity contribution in [1.82, 2.24) is 9.34 Å². The molecule has 0 bridgehead atoms. The predicted molar refractivity (Wildman–Crippen MR) is 104 cm³/mol. The van der Waals surface area contributed by atoms with E-state index in [0.29, 0.717) is 5.69 Å². The summed E-state index contributed by atoms with van der Waals surface area (Å²) in [5.74, 6) is 0. The Morgan fingerprint density at radius 3 is 2.41 bits per heavy atom. The zero-order chi connectivity index (χ0) is 19.2. The van der Waals surface area contributed by atoms with Crippen LogP contribution < -0.4 is 4.90 Å². The number of nitro groups is 1. The molecule has 3 fully saturated rings. The summed E-state index contributed by atoms with van der Waals surface area (Å²) in [6.45, 7) is 8.03. The van der Waals surface area contributed by atoms with Crippen LogP contribution in [0.15, 0.2) is 18.2 Å². The van der Waals surface area contributed by atoms with Crippen LogP contribution in [0, 0.1) is 10.1 Å². The third-order valence-electron chi connectivity index (χ3n) is 5.64. The fourth-order valence-corrected chi connectivity index (χ4v) is 6.16. The minimum atomic E-state index is -2.93. The fraction of sp³-hybridized carbons (Fsp3) is 0.667. The number of hydrogen-bond donors (Lipinski definition) is 0. The normalized spacial score (nSPS) is 24.7. The Labute approximate surface area is 159 Å². The van der Waals surface area contributed by atoms with E-state index in [0.717, 1.165) is 57.5 Å². The van der Waals surface area contributed by atoms with E-state index < -0.39 is 13.8 Å². The number of nitrogens with zero attached hydrogens (tertiary/aromatic N) is 4. The van der Waals surface area contributed by atoms with Gasteiger partial charge in [0.2, 0.25) is 0 Å². The second-order valence-corrected chi connectivity index (χ2v) is 10.0. The van der Waals surface area contributed by atoms with Crippen molar-refractivity contribution >= 4 is 19.0 Å². The van der Waals surface area contributed by atoms with Gasteiger partial charge in [-0.1, -0.05) is 0 Å². The number of nitro benzene ring substituents is 1. The summed E-state index contributed by atoms with van der Waals surface area (Å²) in [7, 11) is -2.93. The molecule has 0 N–H and O–H groups in total. The molecule has 3 aliphatic heterocycles. The fourth-order valence-electron chi connectivity index (χ4n) is 3.81. The first-order valence-electron chi connectivity index (χ1n) is 9.74. The van der Waals surface area contributed by atoms with Crippen molar-refractivity contribution in [3.8, 4) is 0 Å². The van der Waals surface area contributed by atoms with Crippen LogP contribution in [0.5, 0.6) is 0 Å². The zero-order valence-corrected chi connectivity index (χ0v) is 16.8. The van der Waals surface area contributed by atoms with Crippen LogP contribution in [0.4, 0.5) is 11.4 Å².